The topological polar surface area (TPSA) is 32.3 Å². The second-order valence-corrected chi connectivity index (χ2v) is 5.28. The predicted molar refractivity (Wildman–Crippen MR) is 58.1 cm³/mol. The Kier molecular flexibility index (Phi) is 3.13. The van der Waals surface area contributed by atoms with Crippen molar-refractivity contribution in [1.82, 2.24) is 5.32 Å². The van der Waals surface area contributed by atoms with Crippen molar-refractivity contribution in [2.75, 3.05) is 6.54 Å². The van der Waals surface area contributed by atoms with Crippen LogP contribution in [0.1, 0.15) is 39.5 Å². The molecule has 2 heteroatoms. The lowest BCUT2D eigenvalue weighted by atomic mass is 9.97. The van der Waals surface area contributed by atoms with E-state index < -0.39 is 0 Å². The van der Waals surface area contributed by atoms with Crippen LogP contribution in [0.5, 0.6) is 0 Å². The van der Waals surface area contributed by atoms with Gasteiger partial charge in [0.1, 0.15) is 0 Å². The third-order valence-corrected chi connectivity index (χ3v) is 3.85. The number of nitrogens with one attached hydrogen (secondary N) is 1. The third kappa shape index (κ3) is 2.71. The summed E-state index contributed by atoms with van der Waals surface area (Å²) in [6.07, 6.45) is 5.57. The van der Waals surface area contributed by atoms with E-state index in [1.165, 1.54) is 25.7 Å². The molecule has 0 bridgehead atoms. The molecule has 0 aliphatic heterocycles. The molecule has 2 fully saturated rings. The number of aliphatic hydroxyl groups is 1. The van der Waals surface area contributed by atoms with Crippen molar-refractivity contribution in [3.8, 4) is 0 Å². The van der Waals surface area contributed by atoms with Gasteiger partial charge in [-0.1, -0.05) is 0 Å². The van der Waals surface area contributed by atoms with Gasteiger partial charge in [0.15, 0.2) is 0 Å². The Balaban J connectivity index is 1.71. The van der Waals surface area contributed by atoms with Gasteiger partial charge in [-0.15, -0.1) is 0 Å². The number of hydrogen-bond donors (Lipinski definition) is 2. The Morgan fingerprint density at radius 2 is 1.64 bits per heavy atom. The first kappa shape index (κ1) is 10.4. The van der Waals surface area contributed by atoms with Crippen LogP contribution in [-0.4, -0.2) is 23.8 Å². The van der Waals surface area contributed by atoms with Crippen molar-refractivity contribution in [1.29, 1.82) is 0 Å². The molecular weight excluding hydrogens is 174 g/mol. The molecule has 2 nitrogen and oxygen atoms in total. The Labute approximate surface area is 87.1 Å². The van der Waals surface area contributed by atoms with E-state index in [2.05, 4.69) is 12.2 Å². The SMILES string of the molecule is CC(O)C(C)NCC(C1CC1)C1CC1. The molecule has 0 aromatic rings. The minimum absolute atomic E-state index is 0.228. The average molecular weight is 197 g/mol. The lowest BCUT2D eigenvalue weighted by Gasteiger charge is -2.22. The van der Waals surface area contributed by atoms with Gasteiger partial charge in [-0.05, 0) is 63.8 Å². The molecule has 82 valence electrons. The molecule has 0 saturated heterocycles. The molecule has 0 spiro atoms. The summed E-state index contributed by atoms with van der Waals surface area (Å²) in [5, 5.41) is 12.9. The largest absolute Gasteiger partial charge is 0.392 e. The van der Waals surface area contributed by atoms with E-state index in [1.54, 1.807) is 0 Å². The maximum Gasteiger partial charge on any atom is 0.0662 e. The summed E-state index contributed by atoms with van der Waals surface area (Å²) in [6, 6.07) is 0.245. The van der Waals surface area contributed by atoms with Crippen molar-refractivity contribution in [3.63, 3.8) is 0 Å². The van der Waals surface area contributed by atoms with E-state index in [0.29, 0.717) is 0 Å². The highest BCUT2D eigenvalue weighted by Gasteiger charge is 2.41. The van der Waals surface area contributed by atoms with E-state index in [1.807, 2.05) is 6.92 Å². The molecule has 2 rings (SSSR count). The normalized spacial score (nSPS) is 26.6. The summed E-state index contributed by atoms with van der Waals surface area (Å²) in [7, 11) is 0. The highest BCUT2D eigenvalue weighted by atomic mass is 16.3. The van der Waals surface area contributed by atoms with E-state index in [4.69, 9.17) is 0 Å². The van der Waals surface area contributed by atoms with Crippen molar-refractivity contribution >= 4 is 0 Å². The Hall–Kier alpha value is -0.0800. The van der Waals surface area contributed by atoms with Crippen LogP contribution in [0, 0.1) is 17.8 Å². The maximum absolute atomic E-state index is 9.38. The van der Waals surface area contributed by atoms with E-state index in [0.717, 1.165) is 24.3 Å². The number of rotatable bonds is 6. The fraction of sp³-hybridized carbons (Fsp3) is 1.00. The van der Waals surface area contributed by atoms with Crippen LogP contribution < -0.4 is 5.32 Å². The molecule has 2 aliphatic rings. The van der Waals surface area contributed by atoms with Gasteiger partial charge in [0, 0.05) is 6.04 Å². The standard InChI is InChI=1S/C12H23NO/c1-8(9(2)14)13-7-12(10-3-4-10)11-5-6-11/h8-14H,3-7H2,1-2H3. The molecule has 0 aromatic heterocycles. The van der Waals surface area contributed by atoms with Crippen LogP contribution in [-0.2, 0) is 0 Å². The maximum atomic E-state index is 9.38. The first-order valence-electron chi connectivity index (χ1n) is 6.10. The summed E-state index contributed by atoms with van der Waals surface area (Å²) < 4.78 is 0. The van der Waals surface area contributed by atoms with E-state index in [-0.39, 0.29) is 12.1 Å². The molecule has 0 aromatic carbocycles. The van der Waals surface area contributed by atoms with Gasteiger partial charge in [0.2, 0.25) is 0 Å². The van der Waals surface area contributed by atoms with Crippen molar-refractivity contribution in [3.05, 3.63) is 0 Å². The fourth-order valence-electron chi connectivity index (χ4n) is 2.26. The quantitative estimate of drug-likeness (QED) is 0.680. The summed E-state index contributed by atoms with van der Waals surface area (Å²) in [5.41, 5.74) is 0. The predicted octanol–water partition coefficient (Wildman–Crippen LogP) is 1.78. The van der Waals surface area contributed by atoms with Gasteiger partial charge < -0.3 is 10.4 Å². The second kappa shape index (κ2) is 4.19. The van der Waals surface area contributed by atoms with Crippen molar-refractivity contribution < 1.29 is 5.11 Å². The van der Waals surface area contributed by atoms with Gasteiger partial charge in [0.25, 0.3) is 0 Å². The Morgan fingerprint density at radius 3 is 2.00 bits per heavy atom. The molecule has 2 atom stereocenters. The first-order chi connectivity index (χ1) is 6.68. The number of aliphatic hydroxyl groups excluding tert-OH is 1. The molecule has 2 saturated carbocycles. The monoisotopic (exact) mass is 197 g/mol. The van der Waals surface area contributed by atoms with Gasteiger partial charge in [-0.25, -0.2) is 0 Å². The molecule has 0 amide bonds. The zero-order valence-electron chi connectivity index (χ0n) is 9.37. The van der Waals surface area contributed by atoms with Crippen molar-refractivity contribution in [2.45, 2.75) is 51.7 Å². The lowest BCUT2D eigenvalue weighted by molar-refractivity contribution is 0.148. The van der Waals surface area contributed by atoms with Gasteiger partial charge >= 0.3 is 0 Å². The van der Waals surface area contributed by atoms with Crippen LogP contribution >= 0.6 is 0 Å². The summed E-state index contributed by atoms with van der Waals surface area (Å²) in [6.45, 7) is 5.06. The molecule has 0 heterocycles. The lowest BCUT2D eigenvalue weighted by Crippen LogP contribution is -2.39. The Bertz CT molecular complexity index is 173. The van der Waals surface area contributed by atoms with Gasteiger partial charge in [0.05, 0.1) is 6.10 Å². The van der Waals surface area contributed by atoms with E-state index in [9.17, 15) is 5.11 Å². The van der Waals surface area contributed by atoms with Crippen molar-refractivity contribution in [2.24, 2.45) is 17.8 Å². The summed E-state index contributed by atoms with van der Waals surface area (Å²) in [4.78, 5) is 0. The molecular formula is C12H23NO. The van der Waals surface area contributed by atoms with Crippen LogP contribution in [0.2, 0.25) is 0 Å². The fourth-order valence-corrected chi connectivity index (χ4v) is 2.26. The van der Waals surface area contributed by atoms with E-state index >= 15 is 0 Å². The molecule has 2 aliphatic carbocycles. The average Bonchev–Trinajstić information content (AvgIpc) is 2.99. The summed E-state index contributed by atoms with van der Waals surface area (Å²) >= 11 is 0. The molecule has 14 heavy (non-hydrogen) atoms. The summed E-state index contributed by atoms with van der Waals surface area (Å²) in [5.74, 6) is 2.93. The molecule has 2 unspecified atom stereocenters. The second-order valence-electron chi connectivity index (χ2n) is 5.28. The minimum Gasteiger partial charge on any atom is -0.392 e. The van der Waals surface area contributed by atoms with Crippen LogP contribution in [0.3, 0.4) is 0 Å². The van der Waals surface area contributed by atoms with Crippen LogP contribution in [0.15, 0.2) is 0 Å². The number of hydrogen-bond acceptors (Lipinski definition) is 2. The third-order valence-electron chi connectivity index (χ3n) is 3.85. The minimum atomic E-state index is -0.228. The zero-order chi connectivity index (χ0) is 10.1. The van der Waals surface area contributed by atoms with Gasteiger partial charge in [-0.2, -0.15) is 0 Å². The highest BCUT2D eigenvalue weighted by Crippen LogP contribution is 2.48. The van der Waals surface area contributed by atoms with Crippen LogP contribution in [0.4, 0.5) is 0 Å². The molecule has 0 radical (unpaired) electrons. The van der Waals surface area contributed by atoms with Gasteiger partial charge in [-0.3, -0.25) is 0 Å². The van der Waals surface area contributed by atoms with Crippen LogP contribution in [0.25, 0.3) is 0 Å². The highest BCUT2D eigenvalue weighted by molar-refractivity contribution is 4.92. The zero-order valence-corrected chi connectivity index (χ0v) is 9.37. The Morgan fingerprint density at radius 1 is 1.14 bits per heavy atom. The molecule has 2 N–H and O–H groups in total. The smallest absolute Gasteiger partial charge is 0.0662 e. The first-order valence-corrected chi connectivity index (χ1v) is 6.10.